The average Bonchev–Trinajstić information content (AvgIpc) is 2.92. The molecule has 28 heavy (non-hydrogen) atoms. The molecule has 0 bridgehead atoms. The number of aryl methyl sites for hydroxylation is 1. The van der Waals surface area contributed by atoms with Gasteiger partial charge in [0.15, 0.2) is 0 Å². The van der Waals surface area contributed by atoms with E-state index in [1.54, 1.807) is 54.6 Å². The fourth-order valence-electron chi connectivity index (χ4n) is 3.23. The summed E-state index contributed by atoms with van der Waals surface area (Å²) in [4.78, 5) is 27.6. The quantitative estimate of drug-likeness (QED) is 0.685. The maximum Gasteiger partial charge on any atom is 0.282 e. The predicted molar refractivity (Wildman–Crippen MR) is 107 cm³/mol. The normalized spacial score (nSPS) is 14.0. The van der Waals surface area contributed by atoms with E-state index in [-0.39, 0.29) is 11.3 Å². The van der Waals surface area contributed by atoms with Crippen LogP contribution in [-0.4, -0.2) is 11.8 Å². The lowest BCUT2D eigenvalue weighted by molar-refractivity contribution is -0.120. The highest BCUT2D eigenvalue weighted by atomic mass is 19.1. The molecule has 2 amide bonds. The summed E-state index contributed by atoms with van der Waals surface area (Å²) in [6, 6.07) is 22.0. The Labute approximate surface area is 161 Å². The molecule has 0 radical (unpaired) electrons. The molecule has 4 nitrogen and oxygen atoms in total. The van der Waals surface area contributed by atoms with Crippen LogP contribution in [0.5, 0.6) is 0 Å². The number of halogens is 1. The second kappa shape index (κ2) is 7.12. The number of anilines is 2. The van der Waals surface area contributed by atoms with Crippen LogP contribution in [0, 0.1) is 12.7 Å². The van der Waals surface area contributed by atoms with Crippen molar-refractivity contribution < 1.29 is 14.0 Å². The number of hydrogen-bond acceptors (Lipinski definition) is 3. The Balaban J connectivity index is 1.83. The van der Waals surface area contributed by atoms with E-state index in [1.807, 2.05) is 19.1 Å². The molecular formula is C23H17FN2O2. The van der Waals surface area contributed by atoms with Gasteiger partial charge in [-0.2, -0.15) is 0 Å². The molecule has 1 aliphatic rings. The van der Waals surface area contributed by atoms with Crippen LogP contribution in [0.2, 0.25) is 0 Å². The minimum atomic E-state index is -0.473. The molecule has 3 aromatic carbocycles. The van der Waals surface area contributed by atoms with E-state index >= 15 is 0 Å². The maximum absolute atomic E-state index is 13.6. The SMILES string of the molecule is Cc1cccc(N2C(=O)C(Nc3cccc(F)c3)=C(c3ccccc3)C2=O)c1. The molecule has 3 aromatic rings. The van der Waals surface area contributed by atoms with Crippen molar-refractivity contribution in [1.29, 1.82) is 0 Å². The predicted octanol–water partition coefficient (Wildman–Crippen LogP) is 4.53. The third kappa shape index (κ3) is 3.18. The van der Waals surface area contributed by atoms with Crippen molar-refractivity contribution in [2.45, 2.75) is 6.92 Å². The molecule has 0 fully saturated rings. The number of carbonyl (C=O) groups excluding carboxylic acids is 2. The first kappa shape index (κ1) is 17.7. The molecule has 1 N–H and O–H groups in total. The summed E-state index contributed by atoms with van der Waals surface area (Å²) >= 11 is 0. The van der Waals surface area contributed by atoms with Crippen LogP contribution in [0.15, 0.2) is 84.6 Å². The van der Waals surface area contributed by atoms with Crippen molar-refractivity contribution >= 4 is 28.8 Å². The Hall–Kier alpha value is -3.73. The third-order valence-electron chi connectivity index (χ3n) is 4.50. The van der Waals surface area contributed by atoms with E-state index in [4.69, 9.17) is 0 Å². The number of imide groups is 1. The molecule has 0 aliphatic carbocycles. The van der Waals surface area contributed by atoms with Crippen molar-refractivity contribution in [3.63, 3.8) is 0 Å². The first-order valence-corrected chi connectivity index (χ1v) is 8.82. The second-order valence-corrected chi connectivity index (χ2v) is 6.54. The first-order valence-electron chi connectivity index (χ1n) is 8.82. The Morgan fingerprint density at radius 1 is 0.821 bits per heavy atom. The van der Waals surface area contributed by atoms with Crippen LogP contribution in [-0.2, 0) is 9.59 Å². The topological polar surface area (TPSA) is 49.4 Å². The van der Waals surface area contributed by atoms with Crippen LogP contribution in [0.1, 0.15) is 11.1 Å². The summed E-state index contributed by atoms with van der Waals surface area (Å²) in [6.07, 6.45) is 0. The first-order chi connectivity index (χ1) is 13.5. The summed E-state index contributed by atoms with van der Waals surface area (Å²) < 4.78 is 13.6. The van der Waals surface area contributed by atoms with Gasteiger partial charge in [-0.25, -0.2) is 9.29 Å². The molecule has 0 spiro atoms. The van der Waals surface area contributed by atoms with E-state index in [1.165, 1.54) is 12.1 Å². The van der Waals surface area contributed by atoms with Gasteiger partial charge < -0.3 is 5.32 Å². The van der Waals surface area contributed by atoms with E-state index < -0.39 is 17.6 Å². The summed E-state index contributed by atoms with van der Waals surface area (Å²) in [5.74, 6) is -1.32. The number of nitrogens with zero attached hydrogens (tertiary/aromatic N) is 1. The van der Waals surface area contributed by atoms with Crippen molar-refractivity contribution in [2.24, 2.45) is 0 Å². The Morgan fingerprint density at radius 3 is 2.29 bits per heavy atom. The smallest absolute Gasteiger partial charge is 0.282 e. The van der Waals surface area contributed by atoms with Gasteiger partial charge in [0.1, 0.15) is 11.5 Å². The minimum absolute atomic E-state index is 0.128. The zero-order valence-electron chi connectivity index (χ0n) is 15.1. The van der Waals surface area contributed by atoms with E-state index in [0.29, 0.717) is 16.9 Å². The number of hydrogen-bond donors (Lipinski definition) is 1. The van der Waals surface area contributed by atoms with Crippen LogP contribution in [0.3, 0.4) is 0 Å². The summed E-state index contributed by atoms with van der Waals surface area (Å²) in [6.45, 7) is 1.89. The highest BCUT2D eigenvalue weighted by Gasteiger charge is 2.40. The van der Waals surface area contributed by atoms with Gasteiger partial charge in [0.25, 0.3) is 11.8 Å². The zero-order valence-corrected chi connectivity index (χ0v) is 15.1. The van der Waals surface area contributed by atoms with Gasteiger partial charge in [-0.3, -0.25) is 9.59 Å². The van der Waals surface area contributed by atoms with Crippen molar-refractivity contribution in [1.82, 2.24) is 0 Å². The van der Waals surface area contributed by atoms with E-state index in [9.17, 15) is 14.0 Å². The zero-order chi connectivity index (χ0) is 19.7. The van der Waals surface area contributed by atoms with Gasteiger partial charge in [0.05, 0.1) is 11.3 Å². The summed E-state index contributed by atoms with van der Waals surface area (Å²) in [5, 5.41) is 2.95. The summed E-state index contributed by atoms with van der Waals surface area (Å²) in [7, 11) is 0. The van der Waals surface area contributed by atoms with E-state index in [0.717, 1.165) is 10.5 Å². The lowest BCUT2D eigenvalue weighted by Gasteiger charge is -2.16. The molecule has 0 saturated heterocycles. The van der Waals surface area contributed by atoms with Gasteiger partial charge in [0, 0.05) is 5.69 Å². The molecule has 0 atom stereocenters. The number of carbonyl (C=O) groups is 2. The molecule has 138 valence electrons. The monoisotopic (exact) mass is 372 g/mol. The fraction of sp³-hybridized carbons (Fsp3) is 0.0435. The average molecular weight is 372 g/mol. The van der Waals surface area contributed by atoms with Crippen molar-refractivity contribution in [3.8, 4) is 0 Å². The Kier molecular flexibility index (Phi) is 4.49. The molecule has 4 rings (SSSR count). The van der Waals surface area contributed by atoms with Crippen LogP contribution in [0.4, 0.5) is 15.8 Å². The Bertz CT molecular complexity index is 1110. The Morgan fingerprint density at radius 2 is 1.57 bits per heavy atom. The van der Waals surface area contributed by atoms with Crippen molar-refractivity contribution in [3.05, 3.63) is 102 Å². The highest BCUT2D eigenvalue weighted by Crippen LogP contribution is 2.34. The number of nitrogens with one attached hydrogen (secondary N) is 1. The van der Waals surface area contributed by atoms with Crippen LogP contribution in [0.25, 0.3) is 5.57 Å². The minimum Gasteiger partial charge on any atom is -0.350 e. The van der Waals surface area contributed by atoms with Crippen molar-refractivity contribution in [2.75, 3.05) is 10.2 Å². The van der Waals surface area contributed by atoms with Gasteiger partial charge in [-0.05, 0) is 48.4 Å². The third-order valence-corrected chi connectivity index (χ3v) is 4.50. The van der Waals surface area contributed by atoms with Crippen LogP contribution < -0.4 is 10.2 Å². The molecular weight excluding hydrogens is 355 g/mol. The van der Waals surface area contributed by atoms with E-state index in [2.05, 4.69) is 5.32 Å². The lowest BCUT2D eigenvalue weighted by Crippen LogP contribution is -2.32. The number of amides is 2. The molecule has 5 heteroatoms. The molecule has 0 saturated carbocycles. The van der Waals surface area contributed by atoms with Gasteiger partial charge >= 0.3 is 0 Å². The largest absolute Gasteiger partial charge is 0.350 e. The molecule has 1 aliphatic heterocycles. The van der Waals surface area contributed by atoms with Crippen LogP contribution >= 0.6 is 0 Å². The van der Waals surface area contributed by atoms with Gasteiger partial charge in [-0.1, -0.05) is 48.5 Å². The lowest BCUT2D eigenvalue weighted by atomic mass is 10.0. The summed E-state index contributed by atoms with van der Waals surface area (Å²) in [5.41, 5.74) is 2.84. The number of benzene rings is 3. The molecule has 1 heterocycles. The van der Waals surface area contributed by atoms with Gasteiger partial charge in [0.2, 0.25) is 0 Å². The number of rotatable bonds is 4. The maximum atomic E-state index is 13.6. The second-order valence-electron chi connectivity index (χ2n) is 6.54. The standard InChI is InChI=1S/C23H17FN2O2/c1-15-7-5-12-19(13-15)26-22(27)20(16-8-3-2-4-9-16)21(23(26)28)25-18-11-6-10-17(24)14-18/h2-14,25H,1H3. The molecule has 0 unspecified atom stereocenters. The molecule has 0 aromatic heterocycles. The highest BCUT2D eigenvalue weighted by molar-refractivity contribution is 6.46. The fourth-order valence-corrected chi connectivity index (χ4v) is 3.23. The van der Waals surface area contributed by atoms with Gasteiger partial charge in [-0.15, -0.1) is 0 Å².